The topological polar surface area (TPSA) is 57.2 Å². The van der Waals surface area contributed by atoms with Crippen LogP contribution in [0, 0.1) is 0 Å². The van der Waals surface area contributed by atoms with Crippen molar-refractivity contribution in [3.8, 4) is 23.0 Å². The van der Waals surface area contributed by atoms with E-state index in [1.165, 1.54) is 11.8 Å². The molecule has 0 bridgehead atoms. The highest BCUT2D eigenvalue weighted by molar-refractivity contribution is 8.26. The summed E-state index contributed by atoms with van der Waals surface area (Å²) in [7, 11) is 4.80. The van der Waals surface area contributed by atoms with Gasteiger partial charge < -0.3 is 18.9 Å². The van der Waals surface area contributed by atoms with E-state index in [1.807, 2.05) is 72.8 Å². The van der Waals surface area contributed by atoms with Gasteiger partial charge in [0.05, 0.1) is 26.2 Å². The summed E-state index contributed by atoms with van der Waals surface area (Å²) in [5.41, 5.74) is 2.93. The highest BCUT2D eigenvalue weighted by atomic mass is 32.2. The first-order chi connectivity index (χ1) is 17.5. The first-order valence-electron chi connectivity index (χ1n) is 11.3. The summed E-state index contributed by atoms with van der Waals surface area (Å²) in [6.45, 7) is 0.919. The highest BCUT2D eigenvalue weighted by Crippen LogP contribution is 2.35. The Balaban J connectivity index is 1.43. The molecule has 1 fully saturated rings. The zero-order chi connectivity index (χ0) is 25.5. The number of rotatable bonds is 10. The maximum absolute atomic E-state index is 13.1. The minimum absolute atomic E-state index is 0.103. The van der Waals surface area contributed by atoms with Crippen molar-refractivity contribution < 1.29 is 23.7 Å². The van der Waals surface area contributed by atoms with Crippen LogP contribution in [0.4, 0.5) is 0 Å². The Kier molecular flexibility index (Phi) is 8.51. The number of thiocarbonyl (C=S) groups is 1. The summed E-state index contributed by atoms with van der Waals surface area (Å²) in [6, 6.07) is 21.3. The molecule has 186 valence electrons. The fourth-order valence-corrected chi connectivity index (χ4v) is 5.06. The summed E-state index contributed by atoms with van der Waals surface area (Å²) in [4.78, 5) is 15.3. The van der Waals surface area contributed by atoms with Crippen LogP contribution in [0.5, 0.6) is 23.0 Å². The van der Waals surface area contributed by atoms with Crippen LogP contribution in [-0.2, 0) is 17.8 Å². The van der Waals surface area contributed by atoms with Crippen molar-refractivity contribution in [2.45, 2.75) is 13.0 Å². The van der Waals surface area contributed by atoms with Gasteiger partial charge in [-0.05, 0) is 53.5 Å². The molecule has 36 heavy (non-hydrogen) atoms. The van der Waals surface area contributed by atoms with Crippen LogP contribution >= 0.6 is 24.0 Å². The third-order valence-electron chi connectivity index (χ3n) is 5.67. The zero-order valence-corrected chi connectivity index (χ0v) is 22.0. The van der Waals surface area contributed by atoms with Crippen molar-refractivity contribution in [1.82, 2.24) is 4.90 Å². The molecule has 1 aliphatic rings. The Bertz CT molecular complexity index is 1280. The molecule has 0 saturated carbocycles. The maximum Gasteiger partial charge on any atom is 0.266 e. The molecule has 3 aromatic rings. The van der Waals surface area contributed by atoms with Gasteiger partial charge in [-0.1, -0.05) is 66.4 Å². The lowest BCUT2D eigenvalue weighted by atomic mass is 10.1. The third-order valence-corrected chi connectivity index (χ3v) is 7.05. The summed E-state index contributed by atoms with van der Waals surface area (Å²) in [5.74, 6) is 2.46. The van der Waals surface area contributed by atoms with Gasteiger partial charge in [-0.3, -0.25) is 9.69 Å². The molecule has 0 aliphatic carbocycles. The number of carbonyl (C=O) groups is 1. The lowest BCUT2D eigenvalue weighted by molar-refractivity contribution is -0.122. The number of hydrogen-bond donors (Lipinski definition) is 0. The molecule has 8 heteroatoms. The minimum atomic E-state index is -0.103. The van der Waals surface area contributed by atoms with Crippen LogP contribution in [0.1, 0.15) is 16.7 Å². The van der Waals surface area contributed by atoms with Crippen molar-refractivity contribution in [1.29, 1.82) is 0 Å². The fraction of sp³-hybridized carbons (Fsp3) is 0.214. The van der Waals surface area contributed by atoms with Gasteiger partial charge in [-0.2, -0.15) is 0 Å². The lowest BCUT2D eigenvalue weighted by Crippen LogP contribution is -2.30. The Morgan fingerprint density at radius 3 is 2.25 bits per heavy atom. The predicted molar refractivity (Wildman–Crippen MR) is 147 cm³/mol. The standard InChI is InChI=1S/C28H27NO5S2/c1-31-22-11-9-19(15-24(22)32-2)13-14-29-27(30)26(36-28(29)35)17-21-10-12-23(25(16-21)33-3)34-18-20-7-5-4-6-8-20/h4-12,15-17H,13-14,18H2,1-3H3. The number of nitrogens with zero attached hydrogens (tertiary/aromatic N) is 1. The van der Waals surface area contributed by atoms with Gasteiger partial charge in [0.25, 0.3) is 5.91 Å². The van der Waals surface area contributed by atoms with Crippen LogP contribution in [0.25, 0.3) is 6.08 Å². The molecule has 0 N–H and O–H groups in total. The fourth-order valence-electron chi connectivity index (χ4n) is 3.75. The summed E-state index contributed by atoms with van der Waals surface area (Å²) >= 11 is 6.81. The molecule has 4 rings (SSSR count). The van der Waals surface area contributed by atoms with Gasteiger partial charge in [0.15, 0.2) is 23.0 Å². The van der Waals surface area contributed by atoms with E-state index in [0.29, 0.717) is 51.8 Å². The molecule has 6 nitrogen and oxygen atoms in total. The molecular weight excluding hydrogens is 494 g/mol. The number of thioether (sulfide) groups is 1. The Morgan fingerprint density at radius 1 is 0.833 bits per heavy atom. The number of ether oxygens (including phenoxy) is 4. The monoisotopic (exact) mass is 521 g/mol. The van der Waals surface area contributed by atoms with Crippen molar-refractivity contribution in [2.24, 2.45) is 0 Å². The summed E-state index contributed by atoms with van der Waals surface area (Å²) in [5, 5.41) is 0. The normalized spacial score (nSPS) is 14.3. The molecule has 1 aliphatic heterocycles. The van der Waals surface area contributed by atoms with Gasteiger partial charge in [0, 0.05) is 6.54 Å². The first-order valence-corrected chi connectivity index (χ1v) is 12.6. The van der Waals surface area contributed by atoms with E-state index in [-0.39, 0.29) is 5.91 Å². The van der Waals surface area contributed by atoms with E-state index in [2.05, 4.69) is 0 Å². The molecule has 0 unspecified atom stereocenters. The Morgan fingerprint density at radius 2 is 1.53 bits per heavy atom. The molecule has 3 aromatic carbocycles. The third kappa shape index (κ3) is 6.01. The van der Waals surface area contributed by atoms with Crippen molar-refractivity contribution in [3.63, 3.8) is 0 Å². The van der Waals surface area contributed by atoms with Crippen LogP contribution in [0.15, 0.2) is 71.6 Å². The Labute approximate surface area is 220 Å². The molecule has 1 amide bonds. The smallest absolute Gasteiger partial charge is 0.266 e. The SMILES string of the molecule is COc1ccc(CCN2C(=O)C(=Cc3ccc(OCc4ccccc4)c(OC)c3)SC2=S)cc1OC. The number of hydrogen-bond acceptors (Lipinski definition) is 7. The van der Waals surface area contributed by atoms with Crippen molar-refractivity contribution in [2.75, 3.05) is 27.9 Å². The average Bonchev–Trinajstić information content (AvgIpc) is 3.18. The van der Waals surface area contributed by atoms with E-state index >= 15 is 0 Å². The van der Waals surface area contributed by atoms with E-state index in [1.54, 1.807) is 26.2 Å². The van der Waals surface area contributed by atoms with E-state index in [4.69, 9.17) is 31.2 Å². The second-order valence-corrected chi connectivity index (χ2v) is 9.63. The van der Waals surface area contributed by atoms with Gasteiger partial charge in [0.2, 0.25) is 0 Å². The second kappa shape index (κ2) is 12.0. The van der Waals surface area contributed by atoms with Crippen LogP contribution in [0.3, 0.4) is 0 Å². The quantitative estimate of drug-likeness (QED) is 0.249. The number of amides is 1. The lowest BCUT2D eigenvalue weighted by Gasteiger charge is -2.15. The van der Waals surface area contributed by atoms with E-state index in [0.717, 1.165) is 16.7 Å². The number of benzene rings is 3. The van der Waals surface area contributed by atoms with Gasteiger partial charge in [-0.25, -0.2) is 0 Å². The molecule has 1 saturated heterocycles. The largest absolute Gasteiger partial charge is 0.493 e. The van der Waals surface area contributed by atoms with Crippen LogP contribution in [0.2, 0.25) is 0 Å². The van der Waals surface area contributed by atoms with Gasteiger partial charge in [0.1, 0.15) is 10.9 Å². The highest BCUT2D eigenvalue weighted by Gasteiger charge is 2.31. The van der Waals surface area contributed by atoms with Crippen molar-refractivity contribution in [3.05, 3.63) is 88.3 Å². The molecule has 0 spiro atoms. The van der Waals surface area contributed by atoms with E-state index < -0.39 is 0 Å². The number of methoxy groups -OCH3 is 3. The van der Waals surface area contributed by atoms with Crippen LogP contribution in [-0.4, -0.2) is 43.0 Å². The summed E-state index contributed by atoms with van der Waals surface area (Å²) in [6.07, 6.45) is 2.47. The summed E-state index contributed by atoms with van der Waals surface area (Å²) < 4.78 is 22.7. The van der Waals surface area contributed by atoms with Crippen LogP contribution < -0.4 is 18.9 Å². The molecule has 0 radical (unpaired) electrons. The average molecular weight is 522 g/mol. The molecule has 1 heterocycles. The molecular formula is C28H27NO5S2. The molecule has 0 aromatic heterocycles. The van der Waals surface area contributed by atoms with Gasteiger partial charge in [-0.15, -0.1) is 0 Å². The maximum atomic E-state index is 13.1. The minimum Gasteiger partial charge on any atom is -0.493 e. The van der Waals surface area contributed by atoms with Gasteiger partial charge >= 0.3 is 0 Å². The second-order valence-electron chi connectivity index (χ2n) is 7.96. The van der Waals surface area contributed by atoms with E-state index in [9.17, 15) is 4.79 Å². The number of carbonyl (C=O) groups excluding carboxylic acids is 1. The first kappa shape index (κ1) is 25.6. The molecule has 0 atom stereocenters. The Hall–Kier alpha value is -3.49. The van der Waals surface area contributed by atoms with Crippen molar-refractivity contribution >= 4 is 40.3 Å². The zero-order valence-electron chi connectivity index (χ0n) is 20.4. The predicted octanol–water partition coefficient (Wildman–Crippen LogP) is 5.74.